The highest BCUT2D eigenvalue weighted by Crippen LogP contribution is 2.13. The quantitative estimate of drug-likeness (QED) is 0.809. The van der Waals surface area contributed by atoms with E-state index in [0.29, 0.717) is 6.54 Å². The third-order valence-electron chi connectivity index (χ3n) is 4.79. The van der Waals surface area contributed by atoms with Crippen LogP contribution in [0.1, 0.15) is 41.6 Å². The van der Waals surface area contributed by atoms with Gasteiger partial charge in [-0.25, -0.2) is 0 Å². The van der Waals surface area contributed by atoms with Gasteiger partial charge in [-0.1, -0.05) is 36.8 Å². The van der Waals surface area contributed by atoms with Crippen LogP contribution in [0.3, 0.4) is 0 Å². The summed E-state index contributed by atoms with van der Waals surface area (Å²) in [5.41, 5.74) is 4.33. The molecule has 0 atom stereocenters. The minimum atomic E-state index is -0.104. The Bertz CT molecular complexity index is 746. The maximum Gasteiger partial charge on any atom is 0.244 e. The Balaban J connectivity index is 1.46. The number of pyridine rings is 1. The Labute approximate surface area is 155 Å². The fourth-order valence-corrected chi connectivity index (χ4v) is 3.21. The van der Waals surface area contributed by atoms with Gasteiger partial charge in [-0.05, 0) is 61.7 Å². The molecule has 4 heteroatoms. The van der Waals surface area contributed by atoms with E-state index in [0.717, 1.165) is 23.4 Å². The van der Waals surface area contributed by atoms with Gasteiger partial charge < -0.3 is 5.32 Å². The summed E-state index contributed by atoms with van der Waals surface area (Å²) in [6.45, 7) is 5.96. The van der Waals surface area contributed by atoms with Gasteiger partial charge in [-0.3, -0.25) is 14.7 Å². The van der Waals surface area contributed by atoms with Crippen molar-refractivity contribution in [1.29, 1.82) is 0 Å². The van der Waals surface area contributed by atoms with Crippen molar-refractivity contribution in [3.8, 4) is 0 Å². The van der Waals surface area contributed by atoms with Crippen LogP contribution in [-0.4, -0.2) is 28.9 Å². The second kappa shape index (κ2) is 9.30. The summed E-state index contributed by atoms with van der Waals surface area (Å²) in [7, 11) is 0. The number of carbonyl (C=O) groups is 1. The molecule has 1 fully saturated rings. The number of aryl methyl sites for hydroxylation is 1. The van der Waals surface area contributed by atoms with Crippen molar-refractivity contribution in [2.24, 2.45) is 0 Å². The summed E-state index contributed by atoms with van der Waals surface area (Å²) in [6, 6.07) is 12.4. The third kappa shape index (κ3) is 5.53. The molecule has 4 nitrogen and oxygen atoms in total. The predicted molar refractivity (Wildman–Crippen MR) is 105 cm³/mol. The van der Waals surface area contributed by atoms with E-state index in [1.807, 2.05) is 19.1 Å². The first-order chi connectivity index (χ1) is 12.7. The molecule has 0 bridgehead atoms. The minimum absolute atomic E-state index is 0.104. The highest BCUT2D eigenvalue weighted by molar-refractivity contribution is 5.91. The van der Waals surface area contributed by atoms with E-state index in [1.165, 1.54) is 37.9 Å². The van der Waals surface area contributed by atoms with E-state index in [2.05, 4.69) is 39.5 Å². The van der Waals surface area contributed by atoms with Crippen molar-refractivity contribution in [3.05, 3.63) is 71.1 Å². The highest BCUT2D eigenvalue weighted by Gasteiger charge is 2.10. The zero-order valence-corrected chi connectivity index (χ0v) is 15.4. The molecule has 1 aromatic carbocycles. The lowest BCUT2D eigenvalue weighted by Crippen LogP contribution is -2.29. The Kier molecular flexibility index (Phi) is 6.56. The van der Waals surface area contributed by atoms with Gasteiger partial charge in [0, 0.05) is 25.4 Å². The standard InChI is InChI=1S/C22H27N3O/c1-18-6-5-13-23-21(18)11-12-22(26)24-16-19-7-9-20(10-8-19)17-25-14-3-2-4-15-25/h5-13H,2-4,14-17H2,1H3,(H,24,26). The van der Waals surface area contributed by atoms with Crippen molar-refractivity contribution in [2.45, 2.75) is 39.3 Å². The zero-order valence-electron chi connectivity index (χ0n) is 15.4. The third-order valence-corrected chi connectivity index (χ3v) is 4.79. The van der Waals surface area contributed by atoms with Gasteiger partial charge in [0.1, 0.15) is 0 Å². The van der Waals surface area contributed by atoms with Crippen LogP contribution in [0.25, 0.3) is 6.08 Å². The van der Waals surface area contributed by atoms with E-state index in [4.69, 9.17) is 0 Å². The molecule has 0 aliphatic carbocycles. The van der Waals surface area contributed by atoms with E-state index >= 15 is 0 Å². The van der Waals surface area contributed by atoms with Gasteiger partial charge in [0.05, 0.1) is 5.69 Å². The highest BCUT2D eigenvalue weighted by atomic mass is 16.1. The minimum Gasteiger partial charge on any atom is -0.348 e. The fourth-order valence-electron chi connectivity index (χ4n) is 3.21. The van der Waals surface area contributed by atoms with Crippen molar-refractivity contribution in [1.82, 2.24) is 15.2 Å². The van der Waals surface area contributed by atoms with Gasteiger partial charge in [0.15, 0.2) is 0 Å². The van der Waals surface area contributed by atoms with Gasteiger partial charge in [-0.15, -0.1) is 0 Å². The molecule has 1 aliphatic rings. The van der Waals surface area contributed by atoms with Crippen LogP contribution in [0, 0.1) is 6.92 Å². The zero-order chi connectivity index (χ0) is 18.2. The number of rotatable bonds is 6. The van der Waals surface area contributed by atoms with E-state index in [1.54, 1.807) is 18.3 Å². The smallest absolute Gasteiger partial charge is 0.244 e. The second-order valence-electron chi connectivity index (χ2n) is 6.91. The van der Waals surface area contributed by atoms with Crippen LogP contribution in [0.5, 0.6) is 0 Å². The fraction of sp³-hybridized carbons (Fsp3) is 0.364. The average molecular weight is 349 g/mol. The molecular formula is C22H27N3O. The lowest BCUT2D eigenvalue weighted by molar-refractivity contribution is -0.116. The Morgan fingerprint density at radius 2 is 1.85 bits per heavy atom. The number of likely N-dealkylation sites (tertiary alicyclic amines) is 1. The first-order valence-corrected chi connectivity index (χ1v) is 9.38. The monoisotopic (exact) mass is 349 g/mol. The molecule has 2 aromatic rings. The lowest BCUT2D eigenvalue weighted by Gasteiger charge is -2.26. The lowest BCUT2D eigenvalue weighted by atomic mass is 10.1. The van der Waals surface area contributed by atoms with Crippen molar-refractivity contribution >= 4 is 12.0 Å². The van der Waals surface area contributed by atoms with Crippen LogP contribution < -0.4 is 5.32 Å². The van der Waals surface area contributed by atoms with E-state index < -0.39 is 0 Å². The summed E-state index contributed by atoms with van der Waals surface area (Å²) in [5.74, 6) is -0.104. The number of aromatic nitrogens is 1. The second-order valence-corrected chi connectivity index (χ2v) is 6.91. The van der Waals surface area contributed by atoms with Gasteiger partial charge >= 0.3 is 0 Å². The first kappa shape index (κ1) is 18.3. The molecule has 3 rings (SSSR count). The number of piperidine rings is 1. The van der Waals surface area contributed by atoms with Gasteiger partial charge in [0.2, 0.25) is 5.91 Å². The molecule has 1 aromatic heterocycles. The molecular weight excluding hydrogens is 322 g/mol. The SMILES string of the molecule is Cc1cccnc1C=CC(=O)NCc1ccc(CN2CCCCC2)cc1. The molecule has 1 saturated heterocycles. The molecule has 1 N–H and O–H groups in total. The summed E-state index contributed by atoms with van der Waals surface area (Å²) < 4.78 is 0. The van der Waals surface area contributed by atoms with Crippen LogP contribution in [0.15, 0.2) is 48.7 Å². The number of carbonyl (C=O) groups excluding carboxylic acids is 1. The van der Waals surface area contributed by atoms with Crippen molar-refractivity contribution in [2.75, 3.05) is 13.1 Å². The van der Waals surface area contributed by atoms with Gasteiger partial charge in [-0.2, -0.15) is 0 Å². The molecule has 136 valence electrons. The summed E-state index contributed by atoms with van der Waals surface area (Å²) in [6.07, 6.45) is 9.03. The molecule has 0 spiro atoms. The maximum atomic E-state index is 12.0. The van der Waals surface area contributed by atoms with E-state index in [-0.39, 0.29) is 5.91 Å². The van der Waals surface area contributed by atoms with Crippen LogP contribution in [0.2, 0.25) is 0 Å². The van der Waals surface area contributed by atoms with Crippen LogP contribution >= 0.6 is 0 Å². The molecule has 2 heterocycles. The Hall–Kier alpha value is -2.46. The predicted octanol–water partition coefficient (Wildman–Crippen LogP) is 3.71. The molecule has 0 radical (unpaired) electrons. The van der Waals surface area contributed by atoms with Crippen molar-refractivity contribution in [3.63, 3.8) is 0 Å². The number of nitrogens with one attached hydrogen (secondary N) is 1. The average Bonchev–Trinajstić information content (AvgIpc) is 2.68. The molecule has 0 unspecified atom stereocenters. The van der Waals surface area contributed by atoms with Crippen LogP contribution in [-0.2, 0) is 17.9 Å². The summed E-state index contributed by atoms with van der Waals surface area (Å²) in [5, 5.41) is 2.93. The molecule has 26 heavy (non-hydrogen) atoms. The van der Waals surface area contributed by atoms with Crippen LogP contribution in [0.4, 0.5) is 0 Å². The largest absolute Gasteiger partial charge is 0.348 e. The van der Waals surface area contributed by atoms with Gasteiger partial charge in [0.25, 0.3) is 0 Å². The number of amides is 1. The number of hydrogen-bond donors (Lipinski definition) is 1. The Morgan fingerprint density at radius 3 is 2.58 bits per heavy atom. The van der Waals surface area contributed by atoms with Crippen molar-refractivity contribution < 1.29 is 4.79 Å². The number of hydrogen-bond acceptors (Lipinski definition) is 3. The molecule has 1 amide bonds. The Morgan fingerprint density at radius 1 is 1.12 bits per heavy atom. The first-order valence-electron chi connectivity index (χ1n) is 9.38. The normalized spacial score (nSPS) is 15.3. The summed E-state index contributed by atoms with van der Waals surface area (Å²) >= 11 is 0. The topological polar surface area (TPSA) is 45.2 Å². The van der Waals surface area contributed by atoms with E-state index in [9.17, 15) is 4.79 Å². The molecule has 1 aliphatic heterocycles. The number of nitrogens with zero attached hydrogens (tertiary/aromatic N) is 2. The maximum absolute atomic E-state index is 12.0. The molecule has 0 saturated carbocycles. The number of benzene rings is 1. The summed E-state index contributed by atoms with van der Waals surface area (Å²) in [4.78, 5) is 18.8.